The molecule has 0 fully saturated rings. The molecule has 0 aliphatic carbocycles. The largest absolute Gasteiger partial charge is 0.360 e. The minimum atomic E-state index is 0. The van der Waals surface area contributed by atoms with Crippen LogP contribution in [0.2, 0.25) is 0 Å². The van der Waals surface area contributed by atoms with Gasteiger partial charge < -0.3 is 11.1 Å². The highest BCUT2D eigenvalue weighted by molar-refractivity contribution is 7.13. The number of thiazole rings is 1. The van der Waals surface area contributed by atoms with Gasteiger partial charge in [0.05, 0.1) is 0 Å². The Balaban J connectivity index is -0.000000218. The summed E-state index contributed by atoms with van der Waals surface area (Å²) in [5.74, 6) is 0. The second kappa shape index (κ2) is 8.49. The van der Waals surface area contributed by atoms with Crippen molar-refractivity contribution in [2.24, 2.45) is 5.73 Å². The number of hydrogen-bond donors (Lipinski definition) is 2. The van der Waals surface area contributed by atoms with Crippen molar-refractivity contribution in [3.8, 4) is 0 Å². The third kappa shape index (κ3) is 6.12. The van der Waals surface area contributed by atoms with Crippen molar-refractivity contribution < 1.29 is 2.85 Å². The van der Waals surface area contributed by atoms with Crippen LogP contribution in [0.15, 0.2) is 11.6 Å². The molecule has 0 radical (unpaired) electrons. The molecular formula is C8H21N3S. The molecular weight excluding hydrogens is 170 g/mol. The zero-order valence-electron chi connectivity index (χ0n) is 7.71. The maximum atomic E-state index is 5.26. The predicted octanol–water partition coefficient (Wildman–Crippen LogP) is 2.42. The molecule has 12 heavy (non-hydrogen) atoms. The van der Waals surface area contributed by atoms with Gasteiger partial charge in [0.2, 0.25) is 0 Å². The van der Waals surface area contributed by atoms with Gasteiger partial charge >= 0.3 is 0 Å². The van der Waals surface area contributed by atoms with Crippen LogP contribution >= 0.6 is 11.3 Å². The molecule has 0 saturated heterocycles. The number of anilines is 1. The molecule has 1 aromatic heterocycles. The lowest BCUT2D eigenvalue weighted by Crippen LogP contribution is -2.12. The summed E-state index contributed by atoms with van der Waals surface area (Å²) < 4.78 is 0. The van der Waals surface area contributed by atoms with Crippen molar-refractivity contribution in [2.45, 2.75) is 20.3 Å². The Bertz CT molecular complexity index is 171. The van der Waals surface area contributed by atoms with E-state index in [1.54, 1.807) is 17.5 Å². The van der Waals surface area contributed by atoms with Crippen molar-refractivity contribution in [1.29, 1.82) is 0 Å². The van der Waals surface area contributed by atoms with E-state index in [2.05, 4.69) is 24.1 Å². The van der Waals surface area contributed by atoms with Crippen molar-refractivity contribution in [3.63, 3.8) is 0 Å². The van der Waals surface area contributed by atoms with E-state index >= 15 is 0 Å². The van der Waals surface area contributed by atoms with Gasteiger partial charge in [-0.15, -0.1) is 11.3 Å². The second-order valence-electron chi connectivity index (χ2n) is 2.26. The fraction of sp³-hybridized carbons (Fsp3) is 0.625. The minimum Gasteiger partial charge on any atom is -0.360 e. The van der Waals surface area contributed by atoms with Crippen LogP contribution in [0.1, 0.15) is 23.1 Å². The third-order valence-corrected chi connectivity index (χ3v) is 1.58. The van der Waals surface area contributed by atoms with E-state index in [9.17, 15) is 0 Å². The molecule has 1 rings (SSSR count). The Morgan fingerprint density at radius 3 is 2.75 bits per heavy atom. The second-order valence-corrected chi connectivity index (χ2v) is 3.15. The monoisotopic (exact) mass is 191 g/mol. The van der Waals surface area contributed by atoms with Crippen LogP contribution in [-0.2, 0) is 0 Å². The summed E-state index contributed by atoms with van der Waals surface area (Å²) in [7, 11) is 0. The van der Waals surface area contributed by atoms with Crippen LogP contribution in [0.25, 0.3) is 0 Å². The first-order valence-corrected chi connectivity index (χ1v) is 5.06. The average molecular weight is 191 g/mol. The van der Waals surface area contributed by atoms with Crippen LogP contribution in [0.4, 0.5) is 5.13 Å². The lowest BCUT2D eigenvalue weighted by Gasteiger charge is -1.95. The van der Waals surface area contributed by atoms with Crippen molar-refractivity contribution in [1.82, 2.24) is 4.98 Å². The third-order valence-electron chi connectivity index (χ3n) is 0.853. The van der Waals surface area contributed by atoms with E-state index in [0.29, 0.717) is 6.54 Å². The first-order valence-electron chi connectivity index (χ1n) is 4.18. The van der Waals surface area contributed by atoms with Crippen molar-refractivity contribution >= 4 is 16.5 Å². The zero-order chi connectivity index (χ0) is 9.23. The molecule has 0 saturated carbocycles. The lowest BCUT2D eigenvalue weighted by molar-refractivity contribution is 1.02. The quantitative estimate of drug-likeness (QED) is 0.771. The van der Waals surface area contributed by atoms with Gasteiger partial charge in [0.25, 0.3) is 0 Å². The number of nitrogens with one attached hydrogen (secondary N) is 1. The standard InChI is InChI=1S/C5H9N3S.C3H8.2H2/c6-1-2-7-5-8-3-4-9-5;1-3-2;;/h3-4H,1-2,6H2,(H,7,8);3H2,1-2H3;2*1H. The number of nitrogens with two attached hydrogens (primary N) is 1. The van der Waals surface area contributed by atoms with Gasteiger partial charge in [-0.25, -0.2) is 4.98 Å². The zero-order valence-corrected chi connectivity index (χ0v) is 8.53. The highest BCUT2D eigenvalue weighted by Crippen LogP contribution is 2.08. The maximum Gasteiger partial charge on any atom is 0.182 e. The minimum absolute atomic E-state index is 0. The fourth-order valence-electron chi connectivity index (χ4n) is 0.490. The first-order chi connectivity index (χ1) is 5.85. The van der Waals surface area contributed by atoms with Gasteiger partial charge in [0.15, 0.2) is 5.13 Å². The van der Waals surface area contributed by atoms with E-state index in [1.807, 2.05) is 5.38 Å². The molecule has 0 aliphatic heterocycles. The van der Waals surface area contributed by atoms with Gasteiger partial charge in [-0.1, -0.05) is 20.3 Å². The van der Waals surface area contributed by atoms with Crippen LogP contribution in [0.5, 0.6) is 0 Å². The van der Waals surface area contributed by atoms with Gasteiger partial charge in [0.1, 0.15) is 0 Å². The van der Waals surface area contributed by atoms with Crippen LogP contribution < -0.4 is 11.1 Å². The Kier molecular flexibility index (Phi) is 8.05. The SMILES string of the molecule is CCC.NCCNc1nccs1.[HH].[HH]. The first kappa shape index (κ1) is 11.4. The molecule has 0 atom stereocenters. The van der Waals surface area contributed by atoms with Gasteiger partial charge in [-0.3, -0.25) is 0 Å². The molecule has 4 heteroatoms. The molecule has 74 valence electrons. The summed E-state index contributed by atoms with van der Waals surface area (Å²) in [5.41, 5.74) is 5.26. The fourth-order valence-corrected chi connectivity index (χ4v) is 1.05. The smallest absolute Gasteiger partial charge is 0.182 e. The Hall–Kier alpha value is -0.610. The predicted molar refractivity (Wildman–Crippen MR) is 59.9 cm³/mol. The number of aromatic nitrogens is 1. The number of rotatable bonds is 3. The van der Waals surface area contributed by atoms with Crippen LogP contribution in [0.3, 0.4) is 0 Å². The molecule has 0 aliphatic rings. The van der Waals surface area contributed by atoms with E-state index in [-0.39, 0.29) is 2.85 Å². The van der Waals surface area contributed by atoms with Gasteiger partial charge in [-0.2, -0.15) is 0 Å². The molecule has 3 N–H and O–H groups in total. The molecule has 0 unspecified atom stereocenters. The Morgan fingerprint density at radius 2 is 2.33 bits per heavy atom. The number of nitrogens with zero attached hydrogens (tertiary/aromatic N) is 1. The van der Waals surface area contributed by atoms with E-state index in [1.165, 1.54) is 6.42 Å². The maximum absolute atomic E-state index is 5.26. The van der Waals surface area contributed by atoms with E-state index in [4.69, 9.17) is 5.73 Å². The summed E-state index contributed by atoms with van der Waals surface area (Å²) in [6.07, 6.45) is 3.02. The van der Waals surface area contributed by atoms with Crippen molar-refractivity contribution in [3.05, 3.63) is 11.6 Å². The molecule has 1 heterocycles. The normalized spacial score (nSPS) is 8.58. The number of hydrogen-bond acceptors (Lipinski definition) is 4. The molecule has 0 spiro atoms. The van der Waals surface area contributed by atoms with E-state index < -0.39 is 0 Å². The van der Waals surface area contributed by atoms with Crippen molar-refractivity contribution in [2.75, 3.05) is 18.4 Å². The summed E-state index contributed by atoms with van der Waals surface area (Å²) in [6.45, 7) is 5.70. The summed E-state index contributed by atoms with van der Waals surface area (Å²) in [4.78, 5) is 4.01. The average Bonchev–Trinajstić information content (AvgIpc) is 2.54. The lowest BCUT2D eigenvalue weighted by atomic mass is 10.6. The highest BCUT2D eigenvalue weighted by Gasteiger charge is 1.88. The van der Waals surface area contributed by atoms with Crippen LogP contribution in [0, 0.1) is 0 Å². The summed E-state index contributed by atoms with van der Waals surface area (Å²) >= 11 is 1.59. The topological polar surface area (TPSA) is 50.9 Å². The van der Waals surface area contributed by atoms with E-state index in [0.717, 1.165) is 11.7 Å². The summed E-state index contributed by atoms with van der Waals surface area (Å²) in [6, 6.07) is 0. The van der Waals surface area contributed by atoms with Gasteiger partial charge in [-0.05, 0) is 0 Å². The van der Waals surface area contributed by atoms with Gasteiger partial charge in [0, 0.05) is 27.5 Å². The molecule has 0 amide bonds. The Labute approximate surface area is 81.0 Å². The molecule has 1 aromatic rings. The summed E-state index contributed by atoms with van der Waals surface area (Å²) in [5, 5.41) is 5.93. The molecule has 3 nitrogen and oxygen atoms in total. The Morgan fingerprint density at radius 1 is 1.67 bits per heavy atom. The molecule has 0 aromatic carbocycles. The van der Waals surface area contributed by atoms with Crippen LogP contribution in [-0.4, -0.2) is 18.1 Å². The molecule has 0 bridgehead atoms. The highest BCUT2D eigenvalue weighted by atomic mass is 32.1.